The SMILES string of the molecule is CCC(CNC(=O)c1cccc(C#N)c1)c1ccccc1. The Morgan fingerprint density at radius 2 is 1.95 bits per heavy atom. The molecule has 0 spiro atoms. The summed E-state index contributed by atoms with van der Waals surface area (Å²) in [4.78, 5) is 12.1. The second-order valence-corrected chi connectivity index (χ2v) is 4.92. The zero-order chi connectivity index (χ0) is 15.1. The largest absolute Gasteiger partial charge is 0.351 e. The number of amides is 1. The molecular formula is C18H18N2O. The van der Waals surface area contributed by atoms with Gasteiger partial charge in [-0.15, -0.1) is 0 Å². The molecule has 3 nitrogen and oxygen atoms in total. The molecule has 0 heterocycles. The van der Waals surface area contributed by atoms with Crippen LogP contribution in [0.4, 0.5) is 0 Å². The summed E-state index contributed by atoms with van der Waals surface area (Å²) < 4.78 is 0. The second-order valence-electron chi connectivity index (χ2n) is 4.92. The van der Waals surface area contributed by atoms with Gasteiger partial charge in [0, 0.05) is 18.0 Å². The van der Waals surface area contributed by atoms with Crippen LogP contribution < -0.4 is 5.32 Å². The molecule has 0 saturated heterocycles. The van der Waals surface area contributed by atoms with Gasteiger partial charge in [-0.3, -0.25) is 4.79 Å². The van der Waals surface area contributed by atoms with Crippen molar-refractivity contribution in [3.63, 3.8) is 0 Å². The van der Waals surface area contributed by atoms with E-state index in [1.54, 1.807) is 24.3 Å². The van der Waals surface area contributed by atoms with Gasteiger partial charge in [0.25, 0.3) is 5.91 Å². The molecule has 0 fully saturated rings. The number of nitriles is 1. The molecule has 2 aromatic rings. The van der Waals surface area contributed by atoms with Crippen LogP contribution in [-0.2, 0) is 0 Å². The van der Waals surface area contributed by atoms with Gasteiger partial charge < -0.3 is 5.32 Å². The van der Waals surface area contributed by atoms with Gasteiger partial charge in [-0.2, -0.15) is 5.26 Å². The van der Waals surface area contributed by atoms with E-state index in [2.05, 4.69) is 24.4 Å². The first kappa shape index (κ1) is 14.8. The third-order valence-electron chi connectivity index (χ3n) is 3.53. The van der Waals surface area contributed by atoms with Gasteiger partial charge in [-0.25, -0.2) is 0 Å². The van der Waals surface area contributed by atoms with Crippen molar-refractivity contribution in [2.24, 2.45) is 0 Å². The van der Waals surface area contributed by atoms with Crippen LogP contribution in [0.15, 0.2) is 54.6 Å². The highest BCUT2D eigenvalue weighted by Gasteiger charge is 2.12. The Bertz CT molecular complexity index is 644. The van der Waals surface area contributed by atoms with E-state index in [-0.39, 0.29) is 5.91 Å². The van der Waals surface area contributed by atoms with E-state index in [0.717, 1.165) is 6.42 Å². The van der Waals surface area contributed by atoms with Crippen molar-refractivity contribution in [2.45, 2.75) is 19.3 Å². The van der Waals surface area contributed by atoms with Crippen LogP contribution in [0.2, 0.25) is 0 Å². The molecule has 21 heavy (non-hydrogen) atoms. The fourth-order valence-corrected chi connectivity index (χ4v) is 2.27. The minimum absolute atomic E-state index is 0.138. The maximum Gasteiger partial charge on any atom is 0.251 e. The van der Waals surface area contributed by atoms with E-state index in [1.165, 1.54) is 5.56 Å². The van der Waals surface area contributed by atoms with Crippen molar-refractivity contribution in [1.29, 1.82) is 5.26 Å². The quantitative estimate of drug-likeness (QED) is 0.910. The van der Waals surface area contributed by atoms with Gasteiger partial charge in [0.1, 0.15) is 0 Å². The van der Waals surface area contributed by atoms with E-state index in [4.69, 9.17) is 5.26 Å². The van der Waals surface area contributed by atoms with Gasteiger partial charge >= 0.3 is 0 Å². The van der Waals surface area contributed by atoms with Crippen LogP contribution in [0.3, 0.4) is 0 Å². The van der Waals surface area contributed by atoms with E-state index in [1.807, 2.05) is 24.3 Å². The fourth-order valence-electron chi connectivity index (χ4n) is 2.27. The van der Waals surface area contributed by atoms with Crippen molar-refractivity contribution in [2.75, 3.05) is 6.54 Å². The molecule has 0 bridgehead atoms. The van der Waals surface area contributed by atoms with E-state index < -0.39 is 0 Å². The van der Waals surface area contributed by atoms with Gasteiger partial charge in [0.15, 0.2) is 0 Å². The molecule has 2 rings (SSSR count). The minimum atomic E-state index is -0.138. The molecule has 0 saturated carbocycles. The summed E-state index contributed by atoms with van der Waals surface area (Å²) in [6, 6.07) is 19.0. The molecule has 0 aliphatic heterocycles. The van der Waals surface area contributed by atoms with E-state index in [9.17, 15) is 4.79 Å². The van der Waals surface area contributed by atoms with Gasteiger partial charge in [0.05, 0.1) is 11.6 Å². The molecule has 1 atom stereocenters. The van der Waals surface area contributed by atoms with E-state index >= 15 is 0 Å². The Kier molecular flexibility index (Phi) is 5.11. The van der Waals surface area contributed by atoms with Crippen LogP contribution >= 0.6 is 0 Å². The Hall–Kier alpha value is -2.60. The van der Waals surface area contributed by atoms with Crippen LogP contribution in [0.1, 0.15) is 40.7 Å². The minimum Gasteiger partial charge on any atom is -0.351 e. The van der Waals surface area contributed by atoms with Crippen LogP contribution in [0.25, 0.3) is 0 Å². The third-order valence-corrected chi connectivity index (χ3v) is 3.53. The van der Waals surface area contributed by atoms with Crippen molar-refractivity contribution >= 4 is 5.91 Å². The maximum absolute atomic E-state index is 12.1. The van der Waals surface area contributed by atoms with Crippen molar-refractivity contribution in [3.05, 3.63) is 71.3 Å². The molecule has 1 N–H and O–H groups in total. The number of hydrogen-bond acceptors (Lipinski definition) is 2. The first-order valence-corrected chi connectivity index (χ1v) is 7.08. The number of benzene rings is 2. The first-order valence-electron chi connectivity index (χ1n) is 7.08. The van der Waals surface area contributed by atoms with Gasteiger partial charge in [-0.05, 0) is 30.2 Å². The first-order chi connectivity index (χ1) is 10.2. The number of hydrogen-bond donors (Lipinski definition) is 1. The Balaban J connectivity index is 2.01. The molecule has 1 amide bonds. The number of rotatable bonds is 5. The standard InChI is InChI=1S/C18H18N2O/c1-2-15(16-8-4-3-5-9-16)13-20-18(21)17-10-6-7-14(11-17)12-19/h3-11,15H,2,13H2,1H3,(H,20,21). The zero-order valence-electron chi connectivity index (χ0n) is 12.0. The summed E-state index contributed by atoms with van der Waals surface area (Å²) in [7, 11) is 0. The molecule has 0 aromatic heterocycles. The summed E-state index contributed by atoms with van der Waals surface area (Å²) in [5.74, 6) is 0.163. The predicted molar refractivity (Wildman–Crippen MR) is 83.0 cm³/mol. The van der Waals surface area contributed by atoms with Gasteiger partial charge in [0.2, 0.25) is 0 Å². The third kappa shape index (κ3) is 3.93. The summed E-state index contributed by atoms with van der Waals surface area (Å²) in [6.45, 7) is 2.70. The van der Waals surface area contributed by atoms with Crippen molar-refractivity contribution in [3.8, 4) is 6.07 Å². The Morgan fingerprint density at radius 1 is 1.19 bits per heavy atom. The molecule has 1 unspecified atom stereocenters. The Labute approximate surface area is 125 Å². The second kappa shape index (κ2) is 7.25. The monoisotopic (exact) mass is 278 g/mol. The van der Waals surface area contributed by atoms with Crippen LogP contribution in [0.5, 0.6) is 0 Å². The average Bonchev–Trinajstić information content (AvgIpc) is 2.56. The van der Waals surface area contributed by atoms with Crippen molar-refractivity contribution < 1.29 is 4.79 Å². The van der Waals surface area contributed by atoms with E-state index in [0.29, 0.717) is 23.6 Å². The molecule has 3 heteroatoms. The highest BCUT2D eigenvalue weighted by atomic mass is 16.1. The number of nitrogens with one attached hydrogen (secondary N) is 1. The molecule has 106 valence electrons. The molecule has 0 aliphatic carbocycles. The predicted octanol–water partition coefficient (Wildman–Crippen LogP) is 3.48. The summed E-state index contributed by atoms with van der Waals surface area (Å²) in [5, 5.41) is 11.8. The Morgan fingerprint density at radius 3 is 2.62 bits per heavy atom. The molecule has 0 aliphatic rings. The summed E-state index contributed by atoms with van der Waals surface area (Å²) in [5.41, 5.74) is 2.25. The van der Waals surface area contributed by atoms with Crippen LogP contribution in [0, 0.1) is 11.3 Å². The lowest BCUT2D eigenvalue weighted by Crippen LogP contribution is -2.28. The number of carbonyl (C=O) groups is 1. The lowest BCUT2D eigenvalue weighted by Gasteiger charge is -2.16. The summed E-state index contributed by atoms with van der Waals surface area (Å²) in [6.07, 6.45) is 0.961. The molecular weight excluding hydrogens is 260 g/mol. The summed E-state index contributed by atoms with van der Waals surface area (Å²) >= 11 is 0. The smallest absolute Gasteiger partial charge is 0.251 e. The highest BCUT2D eigenvalue weighted by molar-refractivity contribution is 5.94. The molecule has 2 aromatic carbocycles. The average molecular weight is 278 g/mol. The maximum atomic E-state index is 12.1. The lowest BCUT2D eigenvalue weighted by atomic mass is 9.96. The zero-order valence-corrected chi connectivity index (χ0v) is 12.0. The number of carbonyl (C=O) groups excluding carboxylic acids is 1. The normalized spacial score (nSPS) is 11.4. The topological polar surface area (TPSA) is 52.9 Å². The van der Waals surface area contributed by atoms with Crippen LogP contribution in [-0.4, -0.2) is 12.5 Å². The number of nitrogens with zero attached hydrogens (tertiary/aromatic N) is 1. The van der Waals surface area contributed by atoms with Gasteiger partial charge in [-0.1, -0.05) is 43.3 Å². The fraction of sp³-hybridized carbons (Fsp3) is 0.222. The van der Waals surface area contributed by atoms with Crippen molar-refractivity contribution in [1.82, 2.24) is 5.32 Å². The lowest BCUT2D eigenvalue weighted by molar-refractivity contribution is 0.0951. The highest BCUT2D eigenvalue weighted by Crippen LogP contribution is 2.18. The molecule has 0 radical (unpaired) electrons.